The van der Waals surface area contributed by atoms with Gasteiger partial charge in [-0.3, -0.25) is 14.6 Å². The molecule has 7 nitrogen and oxygen atoms in total. The summed E-state index contributed by atoms with van der Waals surface area (Å²) in [7, 11) is 4.77. The Bertz CT molecular complexity index is 1190. The van der Waals surface area contributed by atoms with Gasteiger partial charge in [0.2, 0.25) is 5.91 Å². The number of fused-ring (bicyclic) bond motifs is 1. The van der Waals surface area contributed by atoms with E-state index in [1.165, 1.54) is 17.8 Å². The number of halogens is 1. The number of carbonyl (C=O) groups excluding carboxylic acids is 1. The van der Waals surface area contributed by atoms with E-state index in [2.05, 4.69) is 16.9 Å². The second-order valence-corrected chi connectivity index (χ2v) is 7.05. The molecule has 0 spiro atoms. The lowest BCUT2D eigenvalue weighted by molar-refractivity contribution is -0.116. The summed E-state index contributed by atoms with van der Waals surface area (Å²) in [6, 6.07) is 5.24. The molecule has 0 aliphatic heterocycles. The van der Waals surface area contributed by atoms with Gasteiger partial charge >= 0.3 is 0 Å². The molecule has 0 aliphatic rings. The predicted octanol–water partition coefficient (Wildman–Crippen LogP) is 3.38. The summed E-state index contributed by atoms with van der Waals surface area (Å²) in [6.45, 7) is 5.48. The first-order valence-electron chi connectivity index (χ1n) is 9.12. The van der Waals surface area contributed by atoms with E-state index in [1.54, 1.807) is 32.5 Å². The third-order valence-electron chi connectivity index (χ3n) is 4.95. The van der Waals surface area contributed by atoms with Gasteiger partial charge in [-0.05, 0) is 25.1 Å². The first-order valence-corrected chi connectivity index (χ1v) is 9.50. The quantitative estimate of drug-likeness (QED) is 0.610. The van der Waals surface area contributed by atoms with Crippen LogP contribution in [0.25, 0.3) is 22.0 Å². The first-order chi connectivity index (χ1) is 14.3. The third-order valence-corrected chi connectivity index (χ3v) is 5.32. The molecule has 0 saturated carbocycles. The maximum Gasteiger partial charge on any atom is 0.258 e. The van der Waals surface area contributed by atoms with Gasteiger partial charge in [0.25, 0.3) is 5.56 Å². The number of hydrogen-bond acceptors (Lipinski definition) is 5. The lowest BCUT2D eigenvalue weighted by Gasteiger charge is -2.18. The maximum absolute atomic E-state index is 13.1. The summed E-state index contributed by atoms with van der Waals surface area (Å²) in [5, 5.41) is 4.19. The lowest BCUT2D eigenvalue weighted by atomic mass is 10.0. The van der Waals surface area contributed by atoms with E-state index in [0.717, 1.165) is 5.56 Å². The molecule has 0 aliphatic carbocycles. The smallest absolute Gasteiger partial charge is 0.258 e. The van der Waals surface area contributed by atoms with Crippen molar-refractivity contribution in [3.63, 3.8) is 0 Å². The highest BCUT2D eigenvalue weighted by Crippen LogP contribution is 2.42. The fourth-order valence-electron chi connectivity index (χ4n) is 3.30. The van der Waals surface area contributed by atoms with Crippen LogP contribution in [0.4, 0.5) is 0 Å². The van der Waals surface area contributed by atoms with Crippen molar-refractivity contribution in [2.24, 2.45) is 7.05 Å². The highest BCUT2D eigenvalue weighted by Gasteiger charge is 2.20. The average molecular weight is 428 g/mol. The molecule has 2 heterocycles. The number of pyridine rings is 2. The molecule has 0 bridgehead atoms. The Morgan fingerprint density at radius 3 is 2.60 bits per heavy atom. The summed E-state index contributed by atoms with van der Waals surface area (Å²) in [6.07, 6.45) is 2.79. The van der Waals surface area contributed by atoms with Crippen LogP contribution in [0.1, 0.15) is 11.3 Å². The molecule has 0 fully saturated rings. The number of nitrogens with zero attached hydrogens (tertiary/aromatic N) is 2. The van der Waals surface area contributed by atoms with Gasteiger partial charge in [0, 0.05) is 35.8 Å². The molecule has 3 aromatic rings. The van der Waals surface area contributed by atoms with Gasteiger partial charge in [0.05, 0.1) is 42.6 Å². The summed E-state index contributed by atoms with van der Waals surface area (Å²) < 4.78 is 12.4. The van der Waals surface area contributed by atoms with Crippen molar-refractivity contribution in [3.05, 3.63) is 63.7 Å². The number of methoxy groups -OCH3 is 2. The zero-order chi connectivity index (χ0) is 22.0. The van der Waals surface area contributed by atoms with Crippen molar-refractivity contribution >= 4 is 28.3 Å². The summed E-state index contributed by atoms with van der Waals surface area (Å²) in [5.74, 6) is 0.746. The number of benzene rings is 1. The van der Waals surface area contributed by atoms with Crippen LogP contribution in [0.3, 0.4) is 0 Å². The van der Waals surface area contributed by atoms with Crippen LogP contribution in [-0.4, -0.2) is 29.7 Å². The molecule has 0 saturated heterocycles. The van der Waals surface area contributed by atoms with E-state index in [4.69, 9.17) is 21.1 Å². The molecular weight excluding hydrogens is 406 g/mol. The van der Waals surface area contributed by atoms with E-state index in [-0.39, 0.29) is 18.0 Å². The number of hydrogen-bond donors (Lipinski definition) is 1. The molecule has 1 amide bonds. The third kappa shape index (κ3) is 3.76. The lowest BCUT2D eigenvalue weighted by Crippen LogP contribution is -2.22. The number of ether oxygens (including phenoxy) is 2. The van der Waals surface area contributed by atoms with Crippen LogP contribution < -0.4 is 20.3 Å². The Morgan fingerprint density at radius 1 is 1.27 bits per heavy atom. The van der Waals surface area contributed by atoms with Crippen molar-refractivity contribution in [3.8, 4) is 22.8 Å². The number of rotatable bonds is 6. The topological polar surface area (TPSA) is 82.5 Å². The molecule has 1 N–H and O–H groups in total. The monoisotopic (exact) mass is 427 g/mol. The molecule has 0 atom stereocenters. The highest BCUT2D eigenvalue weighted by molar-refractivity contribution is 6.35. The normalized spacial score (nSPS) is 10.7. The zero-order valence-corrected chi connectivity index (χ0v) is 18.0. The molecule has 2 aromatic heterocycles. The average Bonchev–Trinajstić information content (AvgIpc) is 2.75. The molecule has 1 aromatic carbocycles. The van der Waals surface area contributed by atoms with Crippen LogP contribution in [0, 0.1) is 6.92 Å². The molecule has 30 heavy (non-hydrogen) atoms. The van der Waals surface area contributed by atoms with Crippen LogP contribution in [0.5, 0.6) is 11.5 Å². The Hall–Kier alpha value is -3.32. The maximum atomic E-state index is 13.1. The molecule has 0 unspecified atom stereocenters. The fraction of sp³-hybridized carbons (Fsp3) is 0.227. The Balaban J connectivity index is 2.20. The van der Waals surface area contributed by atoms with Crippen LogP contribution in [0.15, 0.2) is 41.8 Å². The van der Waals surface area contributed by atoms with Crippen molar-refractivity contribution in [1.29, 1.82) is 0 Å². The van der Waals surface area contributed by atoms with Gasteiger partial charge in [-0.2, -0.15) is 0 Å². The molecule has 8 heteroatoms. The van der Waals surface area contributed by atoms with Crippen LogP contribution in [-0.2, 0) is 18.4 Å². The van der Waals surface area contributed by atoms with E-state index < -0.39 is 0 Å². The molecule has 156 valence electrons. The van der Waals surface area contributed by atoms with Crippen molar-refractivity contribution in [2.45, 2.75) is 13.5 Å². The highest BCUT2D eigenvalue weighted by atomic mass is 35.5. The summed E-state index contributed by atoms with van der Waals surface area (Å²) in [4.78, 5) is 28.9. The van der Waals surface area contributed by atoms with Crippen molar-refractivity contribution in [2.75, 3.05) is 14.2 Å². The second kappa shape index (κ2) is 8.59. The van der Waals surface area contributed by atoms with Gasteiger partial charge in [-0.1, -0.05) is 18.2 Å². The van der Waals surface area contributed by atoms with Crippen molar-refractivity contribution in [1.82, 2.24) is 14.9 Å². The fourth-order valence-corrected chi connectivity index (χ4v) is 3.67. The Morgan fingerprint density at radius 2 is 1.97 bits per heavy atom. The van der Waals surface area contributed by atoms with E-state index in [9.17, 15) is 9.59 Å². The van der Waals surface area contributed by atoms with Crippen LogP contribution >= 0.6 is 11.6 Å². The van der Waals surface area contributed by atoms with E-state index in [1.807, 2.05) is 13.0 Å². The minimum absolute atomic E-state index is 0.198. The Kier molecular flexibility index (Phi) is 6.12. The van der Waals surface area contributed by atoms with Gasteiger partial charge in [0.15, 0.2) is 0 Å². The van der Waals surface area contributed by atoms with Crippen molar-refractivity contribution < 1.29 is 14.3 Å². The number of aromatic nitrogens is 2. The van der Waals surface area contributed by atoms with Gasteiger partial charge in [-0.15, -0.1) is 0 Å². The van der Waals surface area contributed by atoms with Gasteiger partial charge in [-0.25, -0.2) is 0 Å². The number of carbonyl (C=O) groups is 1. The Labute approximate surface area is 178 Å². The van der Waals surface area contributed by atoms with E-state index >= 15 is 0 Å². The first kappa shape index (κ1) is 21.4. The largest absolute Gasteiger partial charge is 0.496 e. The minimum atomic E-state index is -0.308. The molecule has 0 radical (unpaired) electrons. The number of nitrogens with one attached hydrogen (secondary N) is 1. The summed E-state index contributed by atoms with van der Waals surface area (Å²) >= 11 is 6.60. The number of amides is 1. The summed E-state index contributed by atoms with van der Waals surface area (Å²) in [5.41, 5.74) is 2.41. The SMILES string of the molecule is C=CC(=O)NCc1cc2c(=O)n(C)c(-c3c(C)c(OC)cc(OC)c3Cl)cc2cn1. The van der Waals surface area contributed by atoms with Crippen LogP contribution in [0.2, 0.25) is 5.02 Å². The molecule has 3 rings (SSSR count). The second-order valence-electron chi connectivity index (χ2n) is 6.67. The predicted molar refractivity (Wildman–Crippen MR) is 117 cm³/mol. The molecular formula is C22H22ClN3O4. The minimum Gasteiger partial charge on any atom is -0.496 e. The zero-order valence-electron chi connectivity index (χ0n) is 17.2. The van der Waals surface area contributed by atoms with E-state index in [0.29, 0.717) is 44.2 Å². The van der Waals surface area contributed by atoms with Gasteiger partial charge < -0.3 is 19.4 Å². The van der Waals surface area contributed by atoms with Gasteiger partial charge in [0.1, 0.15) is 11.5 Å². The standard InChI is InChI=1S/C22H22ClN3O4/c1-6-19(27)25-11-14-8-15-13(10-24-14)7-16(26(3)22(15)28)20-12(2)17(29-4)9-18(30-5)21(20)23/h6-10H,1,11H2,2-5H3,(H,25,27).